The van der Waals surface area contributed by atoms with Gasteiger partial charge in [-0.05, 0) is 18.9 Å². The molecule has 3 heterocycles. The lowest BCUT2D eigenvalue weighted by molar-refractivity contribution is -0.604. The van der Waals surface area contributed by atoms with E-state index in [9.17, 15) is 5.21 Å². The molecular weight excluding hydrogens is 218 g/mol. The van der Waals surface area contributed by atoms with Gasteiger partial charge in [0.25, 0.3) is 0 Å². The summed E-state index contributed by atoms with van der Waals surface area (Å²) in [7, 11) is 0. The highest BCUT2D eigenvalue weighted by atomic mass is 16.5. The molecule has 1 fully saturated rings. The first-order valence-corrected chi connectivity index (χ1v) is 5.65. The van der Waals surface area contributed by atoms with Crippen LogP contribution >= 0.6 is 0 Å². The van der Waals surface area contributed by atoms with Crippen molar-refractivity contribution in [2.75, 3.05) is 6.54 Å². The van der Waals surface area contributed by atoms with E-state index in [4.69, 9.17) is 4.52 Å². The number of hydrogen-bond acceptors (Lipinski definition) is 3. The fourth-order valence-electron chi connectivity index (χ4n) is 2.04. The molecule has 0 N–H and O–H groups in total. The molecule has 1 atom stereocenters. The number of pyridine rings is 1. The van der Waals surface area contributed by atoms with Crippen molar-refractivity contribution in [1.29, 1.82) is 0 Å². The van der Waals surface area contributed by atoms with Gasteiger partial charge in [0.1, 0.15) is 5.69 Å². The smallest absolute Gasteiger partial charge is 0.189 e. The Labute approximate surface area is 98.6 Å². The fraction of sp³-hybridized carbons (Fsp3) is 0.333. The van der Waals surface area contributed by atoms with Gasteiger partial charge in [0.05, 0.1) is 11.6 Å². The van der Waals surface area contributed by atoms with E-state index in [0.29, 0.717) is 5.69 Å². The largest absolute Gasteiger partial charge is 0.619 e. The minimum atomic E-state index is 0.138. The maximum Gasteiger partial charge on any atom is 0.189 e. The van der Waals surface area contributed by atoms with Gasteiger partial charge in [-0.2, -0.15) is 4.73 Å². The topological polar surface area (TPSA) is 67.1 Å². The second kappa shape index (κ2) is 4.18. The van der Waals surface area contributed by atoms with Gasteiger partial charge in [-0.25, -0.2) is 5.32 Å². The lowest BCUT2D eigenvalue weighted by Gasteiger charge is -2.00. The quantitative estimate of drug-likeness (QED) is 0.578. The number of aromatic nitrogens is 2. The molecule has 17 heavy (non-hydrogen) atoms. The third-order valence-electron chi connectivity index (χ3n) is 2.91. The van der Waals surface area contributed by atoms with E-state index < -0.39 is 0 Å². The molecule has 0 amide bonds. The van der Waals surface area contributed by atoms with Gasteiger partial charge in [0.15, 0.2) is 18.2 Å². The van der Waals surface area contributed by atoms with E-state index in [1.54, 1.807) is 6.07 Å². The molecule has 2 aromatic heterocycles. The lowest BCUT2D eigenvalue weighted by Crippen LogP contribution is -2.23. The minimum Gasteiger partial charge on any atom is -0.619 e. The average Bonchev–Trinajstić information content (AvgIpc) is 3.00. The molecule has 1 unspecified atom stereocenters. The molecule has 0 bridgehead atoms. The lowest BCUT2D eigenvalue weighted by atomic mass is 10.1. The Morgan fingerprint density at radius 2 is 2.41 bits per heavy atom. The van der Waals surface area contributed by atoms with Gasteiger partial charge >= 0.3 is 0 Å². The van der Waals surface area contributed by atoms with Crippen molar-refractivity contribution in [1.82, 2.24) is 10.5 Å². The molecule has 1 saturated heterocycles. The first-order valence-electron chi connectivity index (χ1n) is 5.65. The zero-order chi connectivity index (χ0) is 11.7. The molecule has 1 aliphatic rings. The van der Waals surface area contributed by atoms with Crippen molar-refractivity contribution in [3.05, 3.63) is 41.6 Å². The van der Waals surface area contributed by atoms with Crippen molar-refractivity contribution >= 4 is 0 Å². The fourth-order valence-corrected chi connectivity index (χ4v) is 2.04. The Balaban J connectivity index is 1.89. The molecule has 5 heteroatoms. The van der Waals surface area contributed by atoms with E-state index in [2.05, 4.69) is 10.5 Å². The zero-order valence-electron chi connectivity index (χ0n) is 9.24. The predicted octanol–water partition coefficient (Wildman–Crippen LogP) is 1.41. The molecule has 2 aromatic rings. The van der Waals surface area contributed by atoms with Crippen LogP contribution in [0.2, 0.25) is 0 Å². The summed E-state index contributed by atoms with van der Waals surface area (Å²) in [6.45, 7) is 0.895. The van der Waals surface area contributed by atoms with E-state index in [0.717, 1.165) is 35.4 Å². The highest BCUT2D eigenvalue weighted by molar-refractivity contribution is 5.56. The van der Waals surface area contributed by atoms with Crippen molar-refractivity contribution in [3.63, 3.8) is 0 Å². The highest BCUT2D eigenvalue weighted by Crippen LogP contribution is 2.27. The summed E-state index contributed by atoms with van der Waals surface area (Å²) >= 11 is 0. The second-order valence-corrected chi connectivity index (χ2v) is 4.13. The van der Waals surface area contributed by atoms with Gasteiger partial charge in [-0.15, -0.1) is 0 Å². The van der Waals surface area contributed by atoms with E-state index in [1.807, 2.05) is 12.1 Å². The van der Waals surface area contributed by atoms with Crippen LogP contribution in [0.15, 0.2) is 35.1 Å². The predicted molar refractivity (Wildman–Crippen MR) is 59.9 cm³/mol. The first kappa shape index (κ1) is 10.3. The SMILES string of the molecule is [O-][n+]1cccc(-c2cc(C3CCC[N]3)on2)c1. The number of hydrogen-bond donors (Lipinski definition) is 0. The summed E-state index contributed by atoms with van der Waals surface area (Å²) < 4.78 is 6.04. The van der Waals surface area contributed by atoms with E-state index in [-0.39, 0.29) is 6.04 Å². The molecule has 3 rings (SSSR count). The van der Waals surface area contributed by atoms with Crippen LogP contribution < -0.4 is 10.0 Å². The maximum absolute atomic E-state index is 11.2. The summed E-state index contributed by atoms with van der Waals surface area (Å²) in [5, 5.41) is 19.6. The summed E-state index contributed by atoms with van der Waals surface area (Å²) in [6, 6.07) is 5.53. The van der Waals surface area contributed by atoms with Crippen LogP contribution in [0, 0.1) is 5.21 Å². The highest BCUT2D eigenvalue weighted by Gasteiger charge is 2.22. The molecule has 5 nitrogen and oxygen atoms in total. The first-order chi connectivity index (χ1) is 8.33. The molecule has 0 spiro atoms. The van der Waals surface area contributed by atoms with E-state index in [1.165, 1.54) is 12.4 Å². The second-order valence-electron chi connectivity index (χ2n) is 4.13. The standard InChI is InChI=1S/C12H12N3O2/c16-15-6-2-3-9(8-15)11-7-12(17-14-11)10-4-1-5-13-10/h2-3,6-8,10H,1,4-5H2. The van der Waals surface area contributed by atoms with Gasteiger partial charge in [-0.3, -0.25) is 0 Å². The summed E-state index contributed by atoms with van der Waals surface area (Å²) in [6.07, 6.45) is 5.04. The molecule has 0 aliphatic carbocycles. The molecule has 1 radical (unpaired) electrons. The summed E-state index contributed by atoms with van der Waals surface area (Å²) in [5.41, 5.74) is 1.45. The van der Waals surface area contributed by atoms with Gasteiger partial charge < -0.3 is 9.73 Å². The van der Waals surface area contributed by atoms with Crippen molar-refractivity contribution < 1.29 is 9.25 Å². The van der Waals surface area contributed by atoms with Crippen LogP contribution in [0.5, 0.6) is 0 Å². The van der Waals surface area contributed by atoms with Crippen LogP contribution in [0.1, 0.15) is 24.6 Å². The molecule has 0 saturated carbocycles. The summed E-state index contributed by atoms with van der Waals surface area (Å²) in [4.78, 5) is 0. The number of nitrogens with zero attached hydrogens (tertiary/aromatic N) is 3. The van der Waals surface area contributed by atoms with Crippen molar-refractivity contribution in [2.45, 2.75) is 18.9 Å². The maximum atomic E-state index is 11.2. The van der Waals surface area contributed by atoms with Crippen LogP contribution in [0.4, 0.5) is 0 Å². The van der Waals surface area contributed by atoms with Crippen LogP contribution in [0.3, 0.4) is 0 Å². The molecular formula is C12H12N3O2. The van der Waals surface area contributed by atoms with Gasteiger partial charge in [0.2, 0.25) is 0 Å². The van der Waals surface area contributed by atoms with Crippen LogP contribution in [0.25, 0.3) is 11.3 Å². The van der Waals surface area contributed by atoms with Crippen LogP contribution in [-0.4, -0.2) is 11.7 Å². The molecule has 0 aromatic carbocycles. The Kier molecular flexibility index (Phi) is 2.53. The number of rotatable bonds is 2. The minimum absolute atomic E-state index is 0.138. The molecule has 87 valence electrons. The molecule has 1 aliphatic heterocycles. The van der Waals surface area contributed by atoms with Gasteiger partial charge in [0, 0.05) is 18.7 Å². The Hall–Kier alpha value is -1.88. The van der Waals surface area contributed by atoms with Crippen LogP contribution in [-0.2, 0) is 0 Å². The summed E-state index contributed by atoms with van der Waals surface area (Å²) in [5.74, 6) is 0.791. The third kappa shape index (κ3) is 2.01. The third-order valence-corrected chi connectivity index (χ3v) is 2.91. The van der Waals surface area contributed by atoms with Crippen molar-refractivity contribution in [2.24, 2.45) is 0 Å². The monoisotopic (exact) mass is 230 g/mol. The average molecular weight is 230 g/mol. The van der Waals surface area contributed by atoms with Gasteiger partial charge in [-0.1, -0.05) is 5.16 Å². The Morgan fingerprint density at radius 1 is 1.47 bits per heavy atom. The zero-order valence-corrected chi connectivity index (χ0v) is 9.24. The Bertz CT molecular complexity index is 518. The van der Waals surface area contributed by atoms with Crippen molar-refractivity contribution in [3.8, 4) is 11.3 Å². The normalized spacial score (nSPS) is 19.6. The Morgan fingerprint density at radius 3 is 3.18 bits per heavy atom. The van der Waals surface area contributed by atoms with E-state index >= 15 is 0 Å².